The first-order valence-corrected chi connectivity index (χ1v) is 5.53. The van der Waals surface area contributed by atoms with Gasteiger partial charge >= 0.3 is 0 Å². The maximum atomic E-state index is 11.4. The fourth-order valence-electron chi connectivity index (χ4n) is 1.05. The third kappa shape index (κ3) is 2.72. The standard InChI is InChI=1S/C10H10BrClO2/c1-2-14-7-3-4-9(11)8(5-7)10(13)6-12/h3-5H,2,6H2,1H3. The van der Waals surface area contributed by atoms with Gasteiger partial charge in [-0.25, -0.2) is 0 Å². The van der Waals surface area contributed by atoms with Crippen molar-refractivity contribution in [2.45, 2.75) is 6.92 Å². The average molecular weight is 278 g/mol. The summed E-state index contributed by atoms with van der Waals surface area (Å²) >= 11 is 8.76. The summed E-state index contributed by atoms with van der Waals surface area (Å²) in [7, 11) is 0. The Labute approximate surface area is 96.3 Å². The first-order valence-electron chi connectivity index (χ1n) is 4.20. The van der Waals surface area contributed by atoms with E-state index in [4.69, 9.17) is 16.3 Å². The van der Waals surface area contributed by atoms with Crippen LogP contribution >= 0.6 is 27.5 Å². The second-order valence-electron chi connectivity index (χ2n) is 2.63. The second-order valence-corrected chi connectivity index (χ2v) is 3.75. The van der Waals surface area contributed by atoms with Crippen molar-refractivity contribution < 1.29 is 9.53 Å². The van der Waals surface area contributed by atoms with E-state index < -0.39 is 0 Å². The molecule has 2 nitrogen and oxygen atoms in total. The van der Waals surface area contributed by atoms with Gasteiger partial charge in [-0.05, 0) is 25.1 Å². The Hall–Kier alpha value is -0.540. The molecule has 0 amide bonds. The molecular formula is C10H10BrClO2. The number of carbonyl (C=O) groups is 1. The van der Waals surface area contributed by atoms with Crippen LogP contribution in [0.3, 0.4) is 0 Å². The lowest BCUT2D eigenvalue weighted by Crippen LogP contribution is -2.02. The second kappa shape index (κ2) is 5.37. The quantitative estimate of drug-likeness (QED) is 0.624. The zero-order chi connectivity index (χ0) is 10.6. The number of carbonyl (C=O) groups excluding carboxylic acids is 1. The average Bonchev–Trinajstić information content (AvgIpc) is 2.20. The molecule has 0 aromatic heterocycles. The van der Waals surface area contributed by atoms with Gasteiger partial charge in [0, 0.05) is 10.0 Å². The van der Waals surface area contributed by atoms with Gasteiger partial charge in [0.15, 0.2) is 5.78 Å². The molecule has 4 heteroatoms. The predicted molar refractivity (Wildman–Crippen MR) is 60.4 cm³/mol. The third-order valence-electron chi connectivity index (χ3n) is 1.67. The Morgan fingerprint density at radius 1 is 1.57 bits per heavy atom. The number of alkyl halides is 1. The maximum Gasteiger partial charge on any atom is 0.178 e. The van der Waals surface area contributed by atoms with Gasteiger partial charge in [0.05, 0.1) is 12.5 Å². The molecule has 0 aliphatic rings. The predicted octanol–water partition coefficient (Wildman–Crippen LogP) is 3.27. The number of ether oxygens (including phenoxy) is 1. The van der Waals surface area contributed by atoms with Crippen molar-refractivity contribution in [1.29, 1.82) is 0 Å². The molecule has 0 heterocycles. The lowest BCUT2D eigenvalue weighted by Gasteiger charge is -2.06. The number of rotatable bonds is 4. The number of ketones is 1. The van der Waals surface area contributed by atoms with Crippen LogP contribution in [0.4, 0.5) is 0 Å². The van der Waals surface area contributed by atoms with E-state index in [-0.39, 0.29) is 11.7 Å². The highest BCUT2D eigenvalue weighted by Gasteiger charge is 2.09. The Balaban J connectivity index is 3.01. The molecule has 0 spiro atoms. The summed E-state index contributed by atoms with van der Waals surface area (Å²) in [6.45, 7) is 2.47. The number of halogens is 2. The summed E-state index contributed by atoms with van der Waals surface area (Å²) in [6.07, 6.45) is 0. The van der Waals surface area contributed by atoms with Crippen LogP contribution < -0.4 is 4.74 Å². The van der Waals surface area contributed by atoms with Gasteiger partial charge in [-0.1, -0.05) is 15.9 Å². The van der Waals surface area contributed by atoms with E-state index >= 15 is 0 Å². The molecule has 0 aliphatic carbocycles. The van der Waals surface area contributed by atoms with E-state index in [0.717, 1.165) is 4.47 Å². The smallest absolute Gasteiger partial charge is 0.178 e. The minimum atomic E-state index is -0.111. The summed E-state index contributed by atoms with van der Waals surface area (Å²) in [5.74, 6) is 0.554. The molecule has 0 aliphatic heterocycles. The zero-order valence-corrected chi connectivity index (χ0v) is 10.1. The van der Waals surface area contributed by atoms with E-state index in [1.165, 1.54) is 0 Å². The van der Waals surface area contributed by atoms with Crippen LogP contribution in [-0.4, -0.2) is 18.3 Å². The van der Waals surface area contributed by atoms with Gasteiger partial charge in [0.2, 0.25) is 0 Å². The van der Waals surface area contributed by atoms with Gasteiger partial charge in [0.1, 0.15) is 5.75 Å². The Morgan fingerprint density at radius 2 is 2.29 bits per heavy atom. The van der Waals surface area contributed by atoms with Crippen molar-refractivity contribution in [1.82, 2.24) is 0 Å². The van der Waals surface area contributed by atoms with Crippen LogP contribution in [0.2, 0.25) is 0 Å². The normalized spacial score (nSPS) is 9.93. The largest absolute Gasteiger partial charge is 0.494 e. The van der Waals surface area contributed by atoms with Crippen molar-refractivity contribution in [3.05, 3.63) is 28.2 Å². The van der Waals surface area contributed by atoms with Crippen LogP contribution in [0.25, 0.3) is 0 Å². The summed E-state index contributed by atoms with van der Waals surface area (Å²) in [4.78, 5) is 11.4. The fraction of sp³-hybridized carbons (Fsp3) is 0.300. The topological polar surface area (TPSA) is 26.3 Å². The first kappa shape index (κ1) is 11.5. The highest BCUT2D eigenvalue weighted by atomic mass is 79.9. The molecule has 14 heavy (non-hydrogen) atoms. The Morgan fingerprint density at radius 3 is 2.86 bits per heavy atom. The van der Waals surface area contributed by atoms with Crippen molar-refractivity contribution in [2.75, 3.05) is 12.5 Å². The molecule has 76 valence electrons. The highest BCUT2D eigenvalue weighted by molar-refractivity contribution is 9.10. The molecule has 0 saturated heterocycles. The molecular weight excluding hydrogens is 267 g/mol. The lowest BCUT2D eigenvalue weighted by atomic mass is 10.1. The molecule has 0 bridgehead atoms. The Bertz CT molecular complexity index is 339. The van der Waals surface area contributed by atoms with Crippen LogP contribution in [0.1, 0.15) is 17.3 Å². The monoisotopic (exact) mass is 276 g/mol. The van der Waals surface area contributed by atoms with E-state index in [9.17, 15) is 4.79 Å². The minimum Gasteiger partial charge on any atom is -0.494 e. The first-order chi connectivity index (χ1) is 6.69. The van der Waals surface area contributed by atoms with E-state index in [2.05, 4.69) is 15.9 Å². The number of Topliss-reactive ketones (excluding diaryl/α,β-unsaturated/α-hetero) is 1. The molecule has 0 radical (unpaired) electrons. The molecule has 0 unspecified atom stereocenters. The summed E-state index contributed by atoms with van der Waals surface area (Å²) in [5.41, 5.74) is 0.561. The molecule has 0 atom stereocenters. The third-order valence-corrected chi connectivity index (χ3v) is 2.60. The summed E-state index contributed by atoms with van der Waals surface area (Å²) in [6, 6.07) is 5.28. The molecule has 1 rings (SSSR count). The van der Waals surface area contributed by atoms with Crippen molar-refractivity contribution in [2.24, 2.45) is 0 Å². The summed E-state index contributed by atoms with van der Waals surface area (Å²) in [5, 5.41) is 0. The molecule has 0 fully saturated rings. The van der Waals surface area contributed by atoms with Crippen LogP contribution in [0.15, 0.2) is 22.7 Å². The van der Waals surface area contributed by atoms with Crippen molar-refractivity contribution in [3.8, 4) is 5.75 Å². The van der Waals surface area contributed by atoms with Gasteiger partial charge in [-0.3, -0.25) is 4.79 Å². The molecule has 1 aromatic carbocycles. The number of hydrogen-bond acceptors (Lipinski definition) is 2. The molecule has 0 N–H and O–H groups in total. The highest BCUT2D eigenvalue weighted by Crippen LogP contribution is 2.23. The van der Waals surface area contributed by atoms with Crippen LogP contribution in [0, 0.1) is 0 Å². The van der Waals surface area contributed by atoms with E-state index in [1.807, 2.05) is 6.92 Å². The zero-order valence-electron chi connectivity index (χ0n) is 7.72. The van der Waals surface area contributed by atoms with Crippen molar-refractivity contribution in [3.63, 3.8) is 0 Å². The lowest BCUT2D eigenvalue weighted by molar-refractivity contribution is 0.102. The van der Waals surface area contributed by atoms with E-state index in [0.29, 0.717) is 17.9 Å². The fourth-order valence-corrected chi connectivity index (χ4v) is 1.66. The van der Waals surface area contributed by atoms with Gasteiger partial charge in [0.25, 0.3) is 0 Å². The van der Waals surface area contributed by atoms with Crippen LogP contribution in [-0.2, 0) is 0 Å². The Kier molecular flexibility index (Phi) is 4.42. The maximum absolute atomic E-state index is 11.4. The summed E-state index contributed by atoms with van der Waals surface area (Å²) < 4.78 is 6.02. The number of benzene rings is 1. The van der Waals surface area contributed by atoms with Gasteiger partial charge < -0.3 is 4.74 Å². The SMILES string of the molecule is CCOc1ccc(Br)c(C(=O)CCl)c1. The van der Waals surface area contributed by atoms with E-state index in [1.54, 1.807) is 18.2 Å². The minimum absolute atomic E-state index is 0.0197. The molecule has 0 saturated carbocycles. The number of hydrogen-bond donors (Lipinski definition) is 0. The van der Waals surface area contributed by atoms with Gasteiger partial charge in [-0.15, -0.1) is 11.6 Å². The van der Waals surface area contributed by atoms with Crippen molar-refractivity contribution >= 4 is 33.3 Å². The van der Waals surface area contributed by atoms with Crippen LogP contribution in [0.5, 0.6) is 5.75 Å². The molecule has 1 aromatic rings. The van der Waals surface area contributed by atoms with Gasteiger partial charge in [-0.2, -0.15) is 0 Å².